The molecule has 1 aromatic rings. The average Bonchev–Trinajstić information content (AvgIpc) is 2.86. The highest BCUT2D eigenvalue weighted by atomic mass is 15.4. The van der Waals surface area contributed by atoms with E-state index in [9.17, 15) is 0 Å². The van der Waals surface area contributed by atoms with Gasteiger partial charge in [0.25, 0.3) is 0 Å². The molecule has 5 heteroatoms. The largest absolute Gasteiger partial charge is 0.330 e. The van der Waals surface area contributed by atoms with Gasteiger partial charge in [0, 0.05) is 25.8 Å². The Balaban J connectivity index is 1.88. The van der Waals surface area contributed by atoms with Gasteiger partial charge in [-0.3, -0.25) is 9.58 Å². The van der Waals surface area contributed by atoms with Crippen molar-refractivity contribution in [2.24, 2.45) is 12.8 Å². The Labute approximate surface area is 96.6 Å². The minimum Gasteiger partial charge on any atom is -0.330 e. The molecule has 1 atom stereocenters. The Morgan fingerprint density at radius 3 is 3.12 bits per heavy atom. The van der Waals surface area contributed by atoms with Crippen LogP contribution in [0.3, 0.4) is 0 Å². The van der Waals surface area contributed by atoms with Crippen molar-refractivity contribution in [1.82, 2.24) is 19.9 Å². The molecule has 1 aliphatic heterocycles. The van der Waals surface area contributed by atoms with Crippen LogP contribution in [0.4, 0.5) is 0 Å². The molecule has 0 amide bonds. The molecule has 1 saturated heterocycles. The van der Waals surface area contributed by atoms with Crippen LogP contribution in [0.25, 0.3) is 0 Å². The molecule has 16 heavy (non-hydrogen) atoms. The lowest BCUT2D eigenvalue weighted by atomic mass is 10.1. The van der Waals surface area contributed by atoms with Crippen LogP contribution in [0, 0.1) is 0 Å². The van der Waals surface area contributed by atoms with Crippen LogP contribution in [0.2, 0.25) is 0 Å². The van der Waals surface area contributed by atoms with Gasteiger partial charge in [0.1, 0.15) is 0 Å². The molecular formula is C11H21N5. The molecule has 1 unspecified atom stereocenters. The van der Waals surface area contributed by atoms with Gasteiger partial charge in [-0.1, -0.05) is 5.21 Å². The van der Waals surface area contributed by atoms with Crippen LogP contribution in [0.5, 0.6) is 0 Å². The van der Waals surface area contributed by atoms with Crippen LogP contribution in [0.1, 0.15) is 31.4 Å². The van der Waals surface area contributed by atoms with Crippen molar-refractivity contribution in [2.45, 2.75) is 38.3 Å². The summed E-state index contributed by atoms with van der Waals surface area (Å²) in [5, 5.41) is 8.11. The lowest BCUT2D eigenvalue weighted by Gasteiger charge is -2.23. The van der Waals surface area contributed by atoms with Crippen LogP contribution < -0.4 is 5.73 Å². The first-order chi connectivity index (χ1) is 7.79. The zero-order valence-corrected chi connectivity index (χ0v) is 9.97. The van der Waals surface area contributed by atoms with Crippen LogP contribution in [0.15, 0.2) is 6.20 Å². The number of aryl methyl sites for hydroxylation is 1. The standard InChI is InChI=1S/C11H21N5/c1-15-8-10(13-14-15)9-16-7-3-5-11(16)4-2-6-12/h8,11H,2-7,9,12H2,1H3. The second-order valence-corrected chi connectivity index (χ2v) is 4.58. The summed E-state index contributed by atoms with van der Waals surface area (Å²) in [5.41, 5.74) is 6.64. The average molecular weight is 223 g/mol. The highest BCUT2D eigenvalue weighted by Gasteiger charge is 2.24. The van der Waals surface area contributed by atoms with Gasteiger partial charge in [-0.15, -0.1) is 5.10 Å². The van der Waals surface area contributed by atoms with E-state index in [1.54, 1.807) is 4.68 Å². The number of aromatic nitrogens is 3. The van der Waals surface area contributed by atoms with E-state index in [-0.39, 0.29) is 0 Å². The number of likely N-dealkylation sites (tertiary alicyclic amines) is 1. The summed E-state index contributed by atoms with van der Waals surface area (Å²) in [6.45, 7) is 2.92. The van der Waals surface area contributed by atoms with E-state index in [2.05, 4.69) is 15.2 Å². The predicted molar refractivity (Wildman–Crippen MR) is 62.7 cm³/mol. The van der Waals surface area contributed by atoms with E-state index in [1.807, 2.05) is 13.2 Å². The van der Waals surface area contributed by atoms with Crippen LogP contribution >= 0.6 is 0 Å². The van der Waals surface area contributed by atoms with Gasteiger partial charge in [-0.05, 0) is 38.8 Å². The number of nitrogens with two attached hydrogens (primary N) is 1. The highest BCUT2D eigenvalue weighted by molar-refractivity contribution is 4.94. The van der Waals surface area contributed by atoms with Gasteiger partial charge in [-0.2, -0.15) is 0 Å². The Kier molecular flexibility index (Phi) is 3.90. The maximum absolute atomic E-state index is 5.56. The summed E-state index contributed by atoms with van der Waals surface area (Å²) in [6.07, 6.45) is 6.95. The molecule has 2 N–H and O–H groups in total. The molecule has 0 aromatic carbocycles. The van der Waals surface area contributed by atoms with Crippen molar-refractivity contribution < 1.29 is 0 Å². The van der Waals surface area contributed by atoms with E-state index < -0.39 is 0 Å². The maximum atomic E-state index is 5.56. The van der Waals surface area contributed by atoms with Crippen molar-refractivity contribution in [3.63, 3.8) is 0 Å². The molecule has 0 saturated carbocycles. The SMILES string of the molecule is Cn1cc(CN2CCCC2CCCN)nn1. The van der Waals surface area contributed by atoms with E-state index in [4.69, 9.17) is 5.73 Å². The first kappa shape index (κ1) is 11.5. The summed E-state index contributed by atoms with van der Waals surface area (Å²) in [6, 6.07) is 0.700. The van der Waals surface area contributed by atoms with Gasteiger partial charge >= 0.3 is 0 Å². The van der Waals surface area contributed by atoms with Gasteiger partial charge in [0.2, 0.25) is 0 Å². The minimum absolute atomic E-state index is 0.700. The summed E-state index contributed by atoms with van der Waals surface area (Å²) in [5.74, 6) is 0. The normalized spacial score (nSPS) is 21.8. The summed E-state index contributed by atoms with van der Waals surface area (Å²) in [7, 11) is 1.91. The third kappa shape index (κ3) is 2.80. The van der Waals surface area contributed by atoms with Gasteiger partial charge in [0.15, 0.2) is 0 Å². The number of rotatable bonds is 5. The zero-order valence-electron chi connectivity index (χ0n) is 9.97. The van der Waals surface area contributed by atoms with E-state index in [0.29, 0.717) is 6.04 Å². The monoisotopic (exact) mass is 223 g/mol. The Bertz CT molecular complexity index is 322. The summed E-state index contributed by atoms with van der Waals surface area (Å²) >= 11 is 0. The van der Waals surface area contributed by atoms with Crippen molar-refractivity contribution in [3.05, 3.63) is 11.9 Å². The van der Waals surface area contributed by atoms with Crippen LogP contribution in [-0.2, 0) is 13.6 Å². The minimum atomic E-state index is 0.700. The van der Waals surface area contributed by atoms with E-state index >= 15 is 0 Å². The molecule has 0 bridgehead atoms. The second-order valence-electron chi connectivity index (χ2n) is 4.58. The lowest BCUT2D eigenvalue weighted by molar-refractivity contribution is 0.229. The molecule has 90 valence electrons. The third-order valence-corrected chi connectivity index (χ3v) is 3.26. The molecule has 2 rings (SSSR count). The molecule has 0 spiro atoms. The Morgan fingerprint density at radius 2 is 2.44 bits per heavy atom. The first-order valence-electron chi connectivity index (χ1n) is 6.09. The maximum Gasteiger partial charge on any atom is 0.0967 e. The predicted octanol–water partition coefficient (Wildman–Crippen LogP) is 0.518. The molecule has 1 aromatic heterocycles. The quantitative estimate of drug-likeness (QED) is 0.790. The molecule has 0 radical (unpaired) electrons. The highest BCUT2D eigenvalue weighted by Crippen LogP contribution is 2.22. The smallest absolute Gasteiger partial charge is 0.0967 e. The first-order valence-corrected chi connectivity index (χ1v) is 6.09. The molecule has 2 heterocycles. The van der Waals surface area contributed by atoms with Crippen molar-refractivity contribution >= 4 is 0 Å². The summed E-state index contributed by atoms with van der Waals surface area (Å²) < 4.78 is 1.76. The number of hydrogen-bond donors (Lipinski definition) is 1. The number of hydrogen-bond acceptors (Lipinski definition) is 4. The fraction of sp³-hybridized carbons (Fsp3) is 0.818. The molecule has 1 fully saturated rings. The third-order valence-electron chi connectivity index (χ3n) is 3.26. The molecule has 1 aliphatic rings. The summed E-state index contributed by atoms with van der Waals surface area (Å²) in [4.78, 5) is 2.51. The van der Waals surface area contributed by atoms with Gasteiger partial charge < -0.3 is 5.73 Å². The van der Waals surface area contributed by atoms with Gasteiger partial charge in [0.05, 0.1) is 5.69 Å². The molecular weight excluding hydrogens is 202 g/mol. The van der Waals surface area contributed by atoms with Crippen molar-refractivity contribution in [2.75, 3.05) is 13.1 Å². The Morgan fingerprint density at radius 1 is 1.56 bits per heavy atom. The van der Waals surface area contributed by atoms with Crippen LogP contribution in [-0.4, -0.2) is 39.0 Å². The zero-order chi connectivity index (χ0) is 11.4. The lowest BCUT2D eigenvalue weighted by Crippen LogP contribution is -2.29. The fourth-order valence-electron chi connectivity index (χ4n) is 2.46. The van der Waals surface area contributed by atoms with Crippen molar-refractivity contribution in [3.8, 4) is 0 Å². The fourth-order valence-corrected chi connectivity index (χ4v) is 2.46. The molecule has 5 nitrogen and oxygen atoms in total. The van der Waals surface area contributed by atoms with Gasteiger partial charge in [-0.25, -0.2) is 0 Å². The van der Waals surface area contributed by atoms with E-state index in [0.717, 1.165) is 25.2 Å². The van der Waals surface area contributed by atoms with E-state index in [1.165, 1.54) is 25.8 Å². The molecule has 0 aliphatic carbocycles. The Hall–Kier alpha value is -0.940. The topological polar surface area (TPSA) is 60.0 Å². The van der Waals surface area contributed by atoms with Crippen molar-refractivity contribution in [1.29, 1.82) is 0 Å². The second kappa shape index (κ2) is 5.41. The number of nitrogens with zero attached hydrogens (tertiary/aromatic N) is 4.